The van der Waals surface area contributed by atoms with Gasteiger partial charge in [0.1, 0.15) is 0 Å². The lowest BCUT2D eigenvalue weighted by Crippen LogP contribution is -2.57. The van der Waals surface area contributed by atoms with Crippen LogP contribution in [0, 0.1) is 5.92 Å². The third-order valence-corrected chi connectivity index (χ3v) is 5.23. The Morgan fingerprint density at radius 1 is 1.32 bits per heavy atom. The lowest BCUT2D eigenvalue weighted by Gasteiger charge is -2.45. The third kappa shape index (κ3) is 4.31. The van der Waals surface area contributed by atoms with E-state index in [1.807, 2.05) is 30.3 Å². The first-order chi connectivity index (χ1) is 10.6. The summed E-state index contributed by atoms with van der Waals surface area (Å²) < 4.78 is 0. The van der Waals surface area contributed by atoms with Crippen molar-refractivity contribution in [3.63, 3.8) is 0 Å². The summed E-state index contributed by atoms with van der Waals surface area (Å²) in [6.45, 7) is 4.65. The number of benzene rings is 1. The number of nitrogens with one attached hydrogen (secondary N) is 1. The first kappa shape index (κ1) is 17.5. The first-order valence-electron chi connectivity index (χ1n) is 8.70. The Labute approximate surface area is 134 Å². The summed E-state index contributed by atoms with van der Waals surface area (Å²) in [5.41, 5.74) is 0.980. The van der Waals surface area contributed by atoms with Crippen LogP contribution in [0.15, 0.2) is 30.3 Å². The maximum Gasteiger partial charge on any atom is 0.0804 e. The van der Waals surface area contributed by atoms with Crippen molar-refractivity contribution >= 4 is 0 Å². The Balaban J connectivity index is 1.98. The Hall–Kier alpha value is -0.900. The molecule has 3 N–H and O–H groups in total. The van der Waals surface area contributed by atoms with E-state index in [-0.39, 0.29) is 12.1 Å². The molecule has 3 heteroatoms. The summed E-state index contributed by atoms with van der Waals surface area (Å²) in [5.74, 6) is 0.300. The van der Waals surface area contributed by atoms with Crippen molar-refractivity contribution in [2.24, 2.45) is 5.92 Å². The van der Waals surface area contributed by atoms with E-state index < -0.39 is 6.10 Å². The SMILES string of the molecule is CCCC(CO)[C@]1(C)CCC[C@H](CC(O)c2ccccc2)N1. The van der Waals surface area contributed by atoms with Gasteiger partial charge in [-0.3, -0.25) is 0 Å². The van der Waals surface area contributed by atoms with Gasteiger partial charge < -0.3 is 15.5 Å². The summed E-state index contributed by atoms with van der Waals surface area (Å²) in [6.07, 6.45) is 5.84. The average Bonchev–Trinajstić information content (AvgIpc) is 2.53. The minimum atomic E-state index is -0.417. The average molecular weight is 305 g/mol. The van der Waals surface area contributed by atoms with Crippen molar-refractivity contribution in [2.45, 2.75) is 70.1 Å². The number of rotatable bonds is 7. The van der Waals surface area contributed by atoms with Gasteiger partial charge in [-0.2, -0.15) is 0 Å². The van der Waals surface area contributed by atoms with Crippen LogP contribution in [0.4, 0.5) is 0 Å². The first-order valence-corrected chi connectivity index (χ1v) is 8.70. The summed E-state index contributed by atoms with van der Waals surface area (Å²) >= 11 is 0. The van der Waals surface area contributed by atoms with E-state index in [0.717, 1.165) is 44.1 Å². The fourth-order valence-corrected chi connectivity index (χ4v) is 3.87. The Morgan fingerprint density at radius 3 is 2.68 bits per heavy atom. The largest absolute Gasteiger partial charge is 0.396 e. The second kappa shape index (κ2) is 8.09. The molecule has 1 aliphatic heterocycles. The molecular weight excluding hydrogens is 274 g/mol. The molecule has 2 unspecified atom stereocenters. The second-order valence-corrected chi connectivity index (χ2v) is 6.98. The predicted molar refractivity (Wildman–Crippen MR) is 90.7 cm³/mol. The van der Waals surface area contributed by atoms with Crippen LogP contribution < -0.4 is 5.32 Å². The number of hydrogen-bond acceptors (Lipinski definition) is 3. The molecule has 1 aromatic rings. The number of hydrogen-bond donors (Lipinski definition) is 3. The highest BCUT2D eigenvalue weighted by atomic mass is 16.3. The highest BCUT2D eigenvalue weighted by Crippen LogP contribution is 2.34. The molecule has 1 fully saturated rings. The standard InChI is InChI=1S/C19H31NO2/c1-3-8-16(14-21)19(2)12-7-11-17(20-19)13-18(22)15-9-5-4-6-10-15/h4-6,9-10,16-18,20-22H,3,7-8,11-14H2,1-2H3/t16?,17-,18?,19+/m1/s1. The van der Waals surface area contributed by atoms with Crippen LogP contribution in [0.3, 0.4) is 0 Å². The van der Waals surface area contributed by atoms with Gasteiger partial charge in [-0.1, -0.05) is 50.1 Å². The molecule has 124 valence electrons. The maximum absolute atomic E-state index is 10.5. The van der Waals surface area contributed by atoms with Crippen molar-refractivity contribution in [3.05, 3.63) is 35.9 Å². The molecule has 3 nitrogen and oxygen atoms in total. The van der Waals surface area contributed by atoms with Gasteiger partial charge in [0.05, 0.1) is 6.10 Å². The molecule has 2 rings (SSSR count). The van der Waals surface area contributed by atoms with Crippen molar-refractivity contribution < 1.29 is 10.2 Å². The quantitative estimate of drug-likeness (QED) is 0.723. The van der Waals surface area contributed by atoms with Crippen LogP contribution in [-0.2, 0) is 0 Å². The zero-order valence-corrected chi connectivity index (χ0v) is 14.0. The van der Waals surface area contributed by atoms with Crippen LogP contribution in [-0.4, -0.2) is 28.4 Å². The minimum Gasteiger partial charge on any atom is -0.396 e. The fourth-order valence-electron chi connectivity index (χ4n) is 3.87. The van der Waals surface area contributed by atoms with E-state index in [0.29, 0.717) is 12.0 Å². The molecule has 1 aliphatic rings. The van der Waals surface area contributed by atoms with E-state index >= 15 is 0 Å². The molecule has 0 aromatic heterocycles. The Morgan fingerprint density at radius 2 is 2.05 bits per heavy atom. The minimum absolute atomic E-state index is 0.00984. The topological polar surface area (TPSA) is 52.5 Å². The summed E-state index contributed by atoms with van der Waals surface area (Å²) in [5, 5.41) is 23.9. The van der Waals surface area contributed by atoms with Gasteiger partial charge >= 0.3 is 0 Å². The van der Waals surface area contributed by atoms with E-state index in [1.54, 1.807) is 0 Å². The van der Waals surface area contributed by atoms with Crippen LogP contribution in [0.25, 0.3) is 0 Å². The van der Waals surface area contributed by atoms with E-state index in [1.165, 1.54) is 0 Å². The van der Waals surface area contributed by atoms with E-state index in [9.17, 15) is 10.2 Å². The van der Waals surface area contributed by atoms with Gasteiger partial charge in [-0.25, -0.2) is 0 Å². The maximum atomic E-state index is 10.5. The number of aliphatic hydroxyl groups excluding tert-OH is 2. The number of aliphatic hydroxyl groups is 2. The summed E-state index contributed by atoms with van der Waals surface area (Å²) in [4.78, 5) is 0. The van der Waals surface area contributed by atoms with Gasteiger partial charge in [0.15, 0.2) is 0 Å². The molecule has 22 heavy (non-hydrogen) atoms. The lowest BCUT2D eigenvalue weighted by molar-refractivity contribution is 0.0674. The van der Waals surface area contributed by atoms with Crippen LogP contribution in [0.2, 0.25) is 0 Å². The van der Waals surface area contributed by atoms with Crippen molar-refractivity contribution in [3.8, 4) is 0 Å². The van der Waals surface area contributed by atoms with Crippen molar-refractivity contribution in [1.29, 1.82) is 0 Å². The zero-order valence-electron chi connectivity index (χ0n) is 14.0. The zero-order chi connectivity index (χ0) is 16.0. The van der Waals surface area contributed by atoms with Gasteiger partial charge in [0.25, 0.3) is 0 Å². The highest BCUT2D eigenvalue weighted by Gasteiger charge is 2.37. The van der Waals surface area contributed by atoms with Crippen molar-refractivity contribution in [2.75, 3.05) is 6.61 Å². The fraction of sp³-hybridized carbons (Fsp3) is 0.684. The Bertz CT molecular complexity index is 436. The summed E-state index contributed by atoms with van der Waals surface area (Å²) in [7, 11) is 0. The molecule has 0 spiro atoms. The van der Waals surface area contributed by atoms with Gasteiger partial charge in [-0.15, -0.1) is 0 Å². The molecule has 0 amide bonds. The molecule has 1 heterocycles. The van der Waals surface area contributed by atoms with Crippen LogP contribution in [0.1, 0.15) is 64.0 Å². The van der Waals surface area contributed by atoms with Crippen molar-refractivity contribution in [1.82, 2.24) is 5.32 Å². The van der Waals surface area contributed by atoms with Gasteiger partial charge in [0.2, 0.25) is 0 Å². The van der Waals surface area contributed by atoms with E-state index in [4.69, 9.17) is 0 Å². The predicted octanol–water partition coefficient (Wildman–Crippen LogP) is 3.42. The summed E-state index contributed by atoms with van der Waals surface area (Å²) in [6, 6.07) is 10.2. The molecule has 0 aliphatic carbocycles. The highest BCUT2D eigenvalue weighted by molar-refractivity contribution is 5.17. The van der Waals surface area contributed by atoms with Crippen LogP contribution in [0.5, 0.6) is 0 Å². The normalized spacial score (nSPS) is 28.3. The molecule has 4 atom stereocenters. The molecule has 0 radical (unpaired) electrons. The van der Waals surface area contributed by atoms with Gasteiger partial charge in [0, 0.05) is 18.2 Å². The molecule has 0 saturated carbocycles. The molecule has 1 aromatic carbocycles. The lowest BCUT2D eigenvalue weighted by atomic mass is 9.75. The van der Waals surface area contributed by atoms with E-state index in [2.05, 4.69) is 19.2 Å². The Kier molecular flexibility index (Phi) is 6.42. The second-order valence-electron chi connectivity index (χ2n) is 6.98. The van der Waals surface area contributed by atoms with Gasteiger partial charge in [-0.05, 0) is 44.1 Å². The van der Waals surface area contributed by atoms with Crippen LogP contribution >= 0.6 is 0 Å². The third-order valence-electron chi connectivity index (χ3n) is 5.23. The molecule has 0 bridgehead atoms. The monoisotopic (exact) mass is 305 g/mol. The smallest absolute Gasteiger partial charge is 0.0804 e. The number of piperidine rings is 1. The molecular formula is C19H31NO2. The molecule has 1 saturated heterocycles.